The van der Waals surface area contributed by atoms with Crippen LogP contribution in [0.3, 0.4) is 0 Å². The number of esters is 1. The van der Waals surface area contributed by atoms with Crippen molar-refractivity contribution in [3.63, 3.8) is 0 Å². The summed E-state index contributed by atoms with van der Waals surface area (Å²) >= 11 is 6.05. The van der Waals surface area contributed by atoms with Gasteiger partial charge in [0, 0.05) is 12.8 Å². The Kier molecular flexibility index (Phi) is 8.13. The lowest BCUT2D eigenvalue weighted by Gasteiger charge is -2.16. The predicted octanol–water partition coefficient (Wildman–Crippen LogP) is 4.27. The van der Waals surface area contributed by atoms with Crippen molar-refractivity contribution in [2.24, 2.45) is 5.41 Å². The average molecular weight is 406 g/mol. The van der Waals surface area contributed by atoms with Crippen molar-refractivity contribution in [1.29, 1.82) is 0 Å². The van der Waals surface area contributed by atoms with E-state index in [2.05, 4.69) is 5.32 Å². The minimum Gasteiger partial charge on any atom is -0.427 e. The van der Waals surface area contributed by atoms with Gasteiger partial charge >= 0.3 is 12.1 Å². The van der Waals surface area contributed by atoms with Gasteiger partial charge < -0.3 is 14.4 Å². The number of hydrogen-bond acceptors (Lipinski definition) is 5. The molecule has 2 N–H and O–H groups in total. The smallest absolute Gasteiger partial charge is 0.414 e. The van der Waals surface area contributed by atoms with Gasteiger partial charge in [-0.25, -0.2) is 4.79 Å². The summed E-state index contributed by atoms with van der Waals surface area (Å²) in [5, 5.41) is 2.80. The Hall–Kier alpha value is -1.56. The Bertz CT molecular complexity index is 695. The molecule has 1 amide bonds. The molecular weight excluding hydrogens is 381 g/mol. The van der Waals surface area contributed by atoms with Crippen LogP contribution in [0.5, 0.6) is 0 Å². The Labute approximate surface area is 158 Å². The summed E-state index contributed by atoms with van der Waals surface area (Å²) in [5.74, 6) is -0.484. The zero-order valence-electron chi connectivity index (χ0n) is 15.4. The zero-order chi connectivity index (χ0) is 20.0. The lowest BCUT2D eigenvalue weighted by molar-refractivity contribution is -0.161. The Balaban J connectivity index is 2.55. The van der Waals surface area contributed by atoms with Gasteiger partial charge in [0.2, 0.25) is 6.79 Å². The number of carbonyl (C=O) groups excluding carboxylic acids is 2. The maximum Gasteiger partial charge on any atom is 0.414 e. The number of nitrogens with one attached hydrogen (secondary N) is 1. The quantitative estimate of drug-likeness (QED) is 0.399. The molecule has 0 aliphatic rings. The fraction of sp³-hybridized carbons (Fsp3) is 0.529. The van der Waals surface area contributed by atoms with Gasteiger partial charge in [-0.2, -0.15) is 0 Å². The molecule has 0 radical (unpaired) electrons. The summed E-state index contributed by atoms with van der Waals surface area (Å²) in [6, 6.07) is 5.07. The van der Waals surface area contributed by atoms with Crippen LogP contribution >= 0.6 is 19.0 Å². The summed E-state index contributed by atoms with van der Waals surface area (Å²) in [5.41, 5.74) is 0.520. The Morgan fingerprint density at radius 1 is 1.27 bits per heavy atom. The maximum absolute atomic E-state index is 11.8. The fourth-order valence-corrected chi connectivity index (χ4v) is 2.81. The first-order valence-corrected chi connectivity index (χ1v) is 10.7. The van der Waals surface area contributed by atoms with Gasteiger partial charge in [0.15, 0.2) is 7.37 Å². The van der Waals surface area contributed by atoms with E-state index in [1.165, 1.54) is 6.66 Å². The number of anilines is 1. The molecular formula is C17H25ClNO6P. The summed E-state index contributed by atoms with van der Waals surface area (Å²) in [6.45, 7) is 5.89. The van der Waals surface area contributed by atoms with Crippen molar-refractivity contribution in [2.75, 3.05) is 24.9 Å². The van der Waals surface area contributed by atoms with Crippen molar-refractivity contribution in [1.82, 2.24) is 0 Å². The predicted molar refractivity (Wildman–Crippen MR) is 101 cm³/mol. The average Bonchev–Trinajstić information content (AvgIpc) is 2.48. The lowest BCUT2D eigenvalue weighted by Crippen LogP contribution is -2.25. The van der Waals surface area contributed by atoms with Gasteiger partial charge in [-0.3, -0.25) is 14.7 Å². The van der Waals surface area contributed by atoms with E-state index in [1.54, 1.807) is 39.0 Å². The van der Waals surface area contributed by atoms with Crippen LogP contribution in [0.2, 0.25) is 5.02 Å². The van der Waals surface area contributed by atoms with Crippen molar-refractivity contribution >= 4 is 36.7 Å². The van der Waals surface area contributed by atoms with Crippen LogP contribution in [0, 0.1) is 5.41 Å². The van der Waals surface area contributed by atoms with E-state index >= 15 is 0 Å². The maximum atomic E-state index is 11.8. The van der Waals surface area contributed by atoms with Crippen LogP contribution in [0.1, 0.15) is 32.8 Å². The molecule has 7 nitrogen and oxygen atoms in total. The normalized spacial score (nSPS) is 13.6. The van der Waals surface area contributed by atoms with Crippen LogP contribution in [0.15, 0.2) is 18.2 Å². The molecule has 0 saturated carbocycles. The molecule has 1 unspecified atom stereocenters. The number of amides is 1. The zero-order valence-corrected chi connectivity index (χ0v) is 17.0. The molecule has 0 aliphatic heterocycles. The van der Waals surface area contributed by atoms with Crippen LogP contribution in [-0.4, -0.2) is 36.6 Å². The molecule has 1 aromatic rings. The number of hydrogen-bond donors (Lipinski definition) is 2. The molecule has 1 atom stereocenters. The number of benzene rings is 1. The first-order chi connectivity index (χ1) is 11.9. The van der Waals surface area contributed by atoms with E-state index in [4.69, 9.17) is 21.1 Å². The van der Waals surface area contributed by atoms with E-state index in [-0.39, 0.29) is 6.16 Å². The molecule has 26 heavy (non-hydrogen) atoms. The SMILES string of the molecule is CC(C)(C)C(=O)OCOC(=O)Nc1cc(CCCP(C)(=O)O)ccc1Cl. The van der Waals surface area contributed by atoms with E-state index in [9.17, 15) is 19.0 Å². The molecule has 0 fully saturated rings. The number of carbonyl (C=O) groups is 2. The summed E-state index contributed by atoms with van der Waals surface area (Å²) in [4.78, 5) is 32.7. The number of ether oxygens (including phenoxy) is 2. The first kappa shape index (κ1) is 22.5. The highest BCUT2D eigenvalue weighted by Gasteiger charge is 2.23. The number of halogens is 1. The lowest BCUT2D eigenvalue weighted by atomic mass is 9.98. The highest BCUT2D eigenvalue weighted by atomic mass is 35.5. The monoisotopic (exact) mass is 405 g/mol. The molecule has 0 aromatic heterocycles. The van der Waals surface area contributed by atoms with Crippen LogP contribution in [-0.2, 0) is 25.3 Å². The molecule has 0 saturated heterocycles. The summed E-state index contributed by atoms with van der Waals surface area (Å²) < 4.78 is 21.0. The molecule has 9 heteroatoms. The van der Waals surface area contributed by atoms with Crippen LogP contribution in [0.4, 0.5) is 10.5 Å². The van der Waals surface area contributed by atoms with Crippen molar-refractivity contribution < 1.29 is 28.5 Å². The van der Waals surface area contributed by atoms with Crippen molar-refractivity contribution in [3.05, 3.63) is 28.8 Å². The second kappa shape index (κ2) is 9.40. The first-order valence-electron chi connectivity index (χ1n) is 8.07. The van der Waals surface area contributed by atoms with Crippen LogP contribution in [0.25, 0.3) is 0 Å². The molecule has 1 rings (SSSR count). The van der Waals surface area contributed by atoms with Gasteiger partial charge in [-0.15, -0.1) is 0 Å². The van der Waals surface area contributed by atoms with E-state index < -0.39 is 31.6 Å². The standard InChI is InChI=1S/C17H25ClNO6P/c1-17(2,3)15(20)24-11-25-16(21)19-14-10-12(7-8-13(14)18)6-5-9-26(4,22)23/h7-8,10H,5-6,9,11H2,1-4H3,(H,19,21)(H,22,23). The third-order valence-corrected chi connectivity index (χ3v) is 4.77. The van der Waals surface area contributed by atoms with E-state index in [0.29, 0.717) is 23.6 Å². The molecule has 146 valence electrons. The van der Waals surface area contributed by atoms with Gasteiger partial charge in [-0.05, 0) is 51.3 Å². The van der Waals surface area contributed by atoms with E-state index in [1.807, 2.05) is 0 Å². The second-order valence-electron chi connectivity index (χ2n) is 7.05. The fourth-order valence-electron chi connectivity index (χ4n) is 1.90. The van der Waals surface area contributed by atoms with Gasteiger partial charge in [0.25, 0.3) is 0 Å². The van der Waals surface area contributed by atoms with Gasteiger partial charge in [-0.1, -0.05) is 17.7 Å². The molecule has 0 bridgehead atoms. The third kappa shape index (κ3) is 8.70. The minimum absolute atomic E-state index is 0.222. The minimum atomic E-state index is -3.04. The largest absolute Gasteiger partial charge is 0.427 e. The van der Waals surface area contributed by atoms with Crippen molar-refractivity contribution in [2.45, 2.75) is 33.6 Å². The number of aryl methyl sites for hydroxylation is 1. The van der Waals surface area contributed by atoms with Gasteiger partial charge in [0.05, 0.1) is 16.1 Å². The Morgan fingerprint density at radius 2 is 1.92 bits per heavy atom. The van der Waals surface area contributed by atoms with Crippen LogP contribution < -0.4 is 5.32 Å². The number of rotatable bonds is 7. The summed E-state index contributed by atoms with van der Waals surface area (Å²) in [6.07, 6.45) is 0.528. The molecule has 1 aromatic carbocycles. The Morgan fingerprint density at radius 3 is 2.50 bits per heavy atom. The molecule has 0 heterocycles. The summed E-state index contributed by atoms with van der Waals surface area (Å²) in [7, 11) is -3.04. The third-order valence-electron chi connectivity index (χ3n) is 3.30. The van der Waals surface area contributed by atoms with Gasteiger partial charge in [0.1, 0.15) is 0 Å². The topological polar surface area (TPSA) is 102 Å². The highest BCUT2D eigenvalue weighted by Crippen LogP contribution is 2.36. The molecule has 0 aliphatic carbocycles. The second-order valence-corrected chi connectivity index (χ2v) is 10.0. The highest BCUT2D eigenvalue weighted by molar-refractivity contribution is 7.57. The van der Waals surface area contributed by atoms with E-state index in [0.717, 1.165) is 5.56 Å². The molecule has 0 spiro atoms. The van der Waals surface area contributed by atoms with Crippen molar-refractivity contribution in [3.8, 4) is 0 Å².